The van der Waals surface area contributed by atoms with Crippen LogP contribution in [0, 0.1) is 0 Å². The number of imide groups is 1. The van der Waals surface area contributed by atoms with E-state index < -0.39 is 4.75 Å². The van der Waals surface area contributed by atoms with Crippen LogP contribution in [0.1, 0.15) is 50.1 Å². The number of carbonyl (C=O) groups is 2. The van der Waals surface area contributed by atoms with Crippen LogP contribution in [-0.4, -0.2) is 45.5 Å². The summed E-state index contributed by atoms with van der Waals surface area (Å²) in [6, 6.07) is 10.5. The molecule has 0 N–H and O–H groups in total. The molecule has 2 amide bonds. The van der Waals surface area contributed by atoms with E-state index in [2.05, 4.69) is 46.6 Å². The first-order chi connectivity index (χ1) is 14.8. The molecule has 0 spiro atoms. The number of amidine groups is 1. The molecule has 1 aromatic carbocycles. The number of anilines is 1. The Kier molecular flexibility index (Phi) is 6.03. The van der Waals surface area contributed by atoms with Crippen LogP contribution in [0.25, 0.3) is 0 Å². The van der Waals surface area contributed by atoms with Gasteiger partial charge in [-0.15, -0.1) is 11.3 Å². The fourth-order valence-corrected chi connectivity index (χ4v) is 5.68. The molecule has 2 aromatic rings. The van der Waals surface area contributed by atoms with Crippen LogP contribution in [0.15, 0.2) is 45.8 Å². The Morgan fingerprint density at radius 2 is 2.10 bits per heavy atom. The van der Waals surface area contributed by atoms with Crippen molar-refractivity contribution in [2.45, 2.75) is 45.3 Å². The molecule has 0 saturated heterocycles. The third-order valence-electron chi connectivity index (χ3n) is 5.36. The summed E-state index contributed by atoms with van der Waals surface area (Å²) in [5.74, 6) is 0.649. The van der Waals surface area contributed by atoms with Crippen LogP contribution in [0.4, 0.5) is 10.5 Å². The summed E-state index contributed by atoms with van der Waals surface area (Å²) in [7, 11) is 0. The van der Waals surface area contributed by atoms with E-state index in [0.717, 1.165) is 65.5 Å². The number of thiophene rings is 1. The molecule has 0 fully saturated rings. The number of rotatable bonds is 3. The SMILES string of the molecule is CCN=C(c1cccs1)N1CCCc2cc(C3=NN(C(C)=O)C(=O)SC3(C)C)ccc21. The highest BCUT2D eigenvalue weighted by Crippen LogP contribution is 2.38. The number of aryl methyl sites for hydroxylation is 1. The molecule has 0 unspecified atom stereocenters. The topological polar surface area (TPSA) is 65.3 Å². The molecule has 0 bridgehead atoms. The Balaban J connectivity index is 1.75. The first-order valence-electron chi connectivity index (χ1n) is 10.4. The van der Waals surface area contributed by atoms with Crippen LogP contribution < -0.4 is 4.90 Å². The predicted molar refractivity (Wildman–Crippen MR) is 130 cm³/mol. The third kappa shape index (κ3) is 4.19. The maximum Gasteiger partial charge on any atom is 0.309 e. The lowest BCUT2D eigenvalue weighted by Crippen LogP contribution is -2.43. The van der Waals surface area contributed by atoms with E-state index in [1.807, 2.05) is 19.9 Å². The highest BCUT2D eigenvalue weighted by molar-refractivity contribution is 8.15. The summed E-state index contributed by atoms with van der Waals surface area (Å²) in [6.45, 7) is 9.03. The van der Waals surface area contributed by atoms with Crippen molar-refractivity contribution in [3.05, 3.63) is 51.7 Å². The number of aliphatic imine (C=N–C) groups is 1. The van der Waals surface area contributed by atoms with Crippen LogP contribution in [-0.2, 0) is 11.2 Å². The average Bonchev–Trinajstić information content (AvgIpc) is 3.25. The Morgan fingerprint density at radius 1 is 1.29 bits per heavy atom. The van der Waals surface area contributed by atoms with Gasteiger partial charge in [0.2, 0.25) is 5.91 Å². The zero-order valence-electron chi connectivity index (χ0n) is 18.2. The van der Waals surface area contributed by atoms with Gasteiger partial charge >= 0.3 is 5.24 Å². The second kappa shape index (κ2) is 8.59. The molecule has 0 radical (unpaired) electrons. The molecule has 2 aliphatic heterocycles. The van der Waals surface area contributed by atoms with Crippen LogP contribution >= 0.6 is 23.1 Å². The summed E-state index contributed by atoms with van der Waals surface area (Å²) >= 11 is 2.84. The number of nitrogens with zero attached hydrogens (tertiary/aromatic N) is 4. The van der Waals surface area contributed by atoms with Crippen molar-refractivity contribution in [3.8, 4) is 0 Å². The molecule has 1 aromatic heterocycles. The van der Waals surface area contributed by atoms with E-state index in [-0.39, 0.29) is 11.1 Å². The second-order valence-corrected chi connectivity index (χ2v) is 10.6. The standard InChI is InChI=1S/C23H26N4O2S2/c1-5-24-21(19-9-7-13-30-19)26-12-6-8-16-14-17(10-11-18(16)26)20-23(3,4)31-22(29)27(25-20)15(2)28/h7,9-11,13-14H,5-6,8,12H2,1-4H3. The van der Waals surface area contributed by atoms with Gasteiger partial charge in [-0.25, -0.2) is 0 Å². The predicted octanol–water partition coefficient (Wildman–Crippen LogP) is 5.17. The molecule has 0 atom stereocenters. The summed E-state index contributed by atoms with van der Waals surface area (Å²) in [5, 5.41) is 7.17. The number of fused-ring (bicyclic) bond motifs is 1. The van der Waals surface area contributed by atoms with Gasteiger partial charge in [-0.05, 0) is 80.1 Å². The zero-order chi connectivity index (χ0) is 22.2. The van der Waals surface area contributed by atoms with E-state index in [1.165, 1.54) is 17.4 Å². The molecule has 0 aliphatic carbocycles. The van der Waals surface area contributed by atoms with Gasteiger partial charge in [0, 0.05) is 25.7 Å². The van der Waals surface area contributed by atoms with Crippen molar-refractivity contribution in [2.24, 2.45) is 10.1 Å². The van der Waals surface area contributed by atoms with Crippen molar-refractivity contribution >= 4 is 51.5 Å². The minimum Gasteiger partial charge on any atom is -0.325 e. The van der Waals surface area contributed by atoms with Crippen LogP contribution in [0.3, 0.4) is 0 Å². The lowest BCUT2D eigenvalue weighted by Gasteiger charge is -2.35. The van der Waals surface area contributed by atoms with Crippen molar-refractivity contribution < 1.29 is 9.59 Å². The highest BCUT2D eigenvalue weighted by Gasteiger charge is 2.39. The van der Waals surface area contributed by atoms with Crippen LogP contribution in [0.2, 0.25) is 0 Å². The van der Waals surface area contributed by atoms with Gasteiger partial charge in [0.15, 0.2) is 0 Å². The minimum atomic E-state index is -0.516. The first kappa shape index (κ1) is 21.8. The fourth-order valence-electron chi connectivity index (χ4n) is 3.99. The fraction of sp³-hybridized carbons (Fsp3) is 0.391. The van der Waals surface area contributed by atoms with E-state index in [4.69, 9.17) is 4.99 Å². The number of carbonyl (C=O) groups excluding carboxylic acids is 2. The second-order valence-electron chi connectivity index (χ2n) is 8.03. The Hall–Kier alpha value is -2.45. The van der Waals surface area contributed by atoms with E-state index >= 15 is 0 Å². The Labute approximate surface area is 191 Å². The van der Waals surface area contributed by atoms with Crippen molar-refractivity contribution in [1.29, 1.82) is 0 Å². The van der Waals surface area contributed by atoms with Gasteiger partial charge in [0.1, 0.15) is 5.84 Å². The number of hydrazone groups is 1. The number of amides is 2. The highest BCUT2D eigenvalue weighted by atomic mass is 32.2. The van der Waals surface area contributed by atoms with E-state index in [0.29, 0.717) is 0 Å². The zero-order valence-corrected chi connectivity index (χ0v) is 19.8. The maximum absolute atomic E-state index is 12.3. The van der Waals surface area contributed by atoms with Gasteiger partial charge in [-0.1, -0.05) is 12.1 Å². The van der Waals surface area contributed by atoms with Crippen LogP contribution in [0.5, 0.6) is 0 Å². The van der Waals surface area contributed by atoms with Gasteiger partial charge in [0.05, 0.1) is 15.3 Å². The lowest BCUT2D eigenvalue weighted by atomic mass is 9.93. The smallest absolute Gasteiger partial charge is 0.309 e. The Morgan fingerprint density at radius 3 is 2.77 bits per heavy atom. The van der Waals surface area contributed by atoms with Crippen molar-refractivity contribution in [3.63, 3.8) is 0 Å². The van der Waals surface area contributed by atoms with Crippen molar-refractivity contribution in [2.75, 3.05) is 18.0 Å². The van der Waals surface area contributed by atoms with E-state index in [1.54, 1.807) is 11.3 Å². The molecule has 2 aliphatic rings. The number of hydrogen-bond donors (Lipinski definition) is 0. The van der Waals surface area contributed by atoms with Gasteiger partial charge in [-0.2, -0.15) is 10.1 Å². The number of thioether (sulfide) groups is 1. The third-order valence-corrected chi connectivity index (χ3v) is 7.28. The monoisotopic (exact) mass is 454 g/mol. The Bertz CT molecular complexity index is 1070. The quantitative estimate of drug-likeness (QED) is 0.474. The molecular formula is C23H26N4O2S2. The molecule has 0 saturated carbocycles. The van der Waals surface area contributed by atoms with Crippen molar-refractivity contribution in [1.82, 2.24) is 5.01 Å². The summed E-state index contributed by atoms with van der Waals surface area (Å²) in [6.07, 6.45) is 2.01. The summed E-state index contributed by atoms with van der Waals surface area (Å²) in [5.41, 5.74) is 4.09. The first-order valence-corrected chi connectivity index (χ1v) is 12.1. The van der Waals surface area contributed by atoms with Gasteiger partial charge < -0.3 is 4.90 Å². The molecule has 8 heteroatoms. The minimum absolute atomic E-state index is 0.332. The van der Waals surface area contributed by atoms with E-state index in [9.17, 15) is 9.59 Å². The normalized spacial score (nSPS) is 18.6. The molecule has 4 rings (SSSR count). The summed E-state index contributed by atoms with van der Waals surface area (Å²) < 4.78 is -0.516. The molecule has 3 heterocycles. The molecule has 6 nitrogen and oxygen atoms in total. The van der Waals surface area contributed by atoms with Gasteiger partial charge in [0.25, 0.3) is 0 Å². The maximum atomic E-state index is 12.3. The molecular weight excluding hydrogens is 428 g/mol. The number of benzene rings is 1. The molecule has 31 heavy (non-hydrogen) atoms. The van der Waals surface area contributed by atoms with Gasteiger partial charge in [-0.3, -0.25) is 14.6 Å². The molecule has 162 valence electrons. The summed E-state index contributed by atoms with van der Waals surface area (Å²) in [4.78, 5) is 32.5. The largest absolute Gasteiger partial charge is 0.325 e. The number of hydrogen-bond acceptors (Lipinski definition) is 6. The lowest BCUT2D eigenvalue weighted by molar-refractivity contribution is -0.125. The average molecular weight is 455 g/mol.